The molecule has 0 spiro atoms. The number of pyridine rings is 1. The molecule has 0 saturated heterocycles. The van der Waals surface area contributed by atoms with E-state index in [0.717, 1.165) is 24.6 Å². The van der Waals surface area contributed by atoms with E-state index in [9.17, 15) is 21.6 Å². The van der Waals surface area contributed by atoms with E-state index in [1.807, 2.05) is 0 Å². The van der Waals surface area contributed by atoms with Gasteiger partial charge in [-0.15, -0.1) is 0 Å². The Hall–Kier alpha value is -2.46. The Morgan fingerprint density at radius 2 is 1.92 bits per heavy atom. The van der Waals surface area contributed by atoms with Gasteiger partial charge in [-0.25, -0.2) is 8.42 Å². The van der Waals surface area contributed by atoms with Gasteiger partial charge in [0, 0.05) is 24.2 Å². The van der Waals surface area contributed by atoms with Crippen LogP contribution in [0.1, 0.15) is 5.56 Å². The van der Waals surface area contributed by atoms with Crippen molar-refractivity contribution in [2.24, 2.45) is 0 Å². The molecule has 0 aliphatic carbocycles. The number of rotatable bonds is 3. The number of hydrogen-bond donors (Lipinski definition) is 0. The largest absolute Gasteiger partial charge is 0.416 e. The first-order valence-electron chi connectivity index (χ1n) is 6.92. The molecule has 0 atom stereocenters. The summed E-state index contributed by atoms with van der Waals surface area (Å²) in [5, 5.41) is 3.61. The maximum absolute atomic E-state index is 12.8. The SMILES string of the molecule is CS(=O)(=O)c1cncc(Cl)c1-c1noc(-c2cccc(C(F)(F)F)c2)n1. The highest BCUT2D eigenvalue weighted by atomic mass is 35.5. The van der Waals surface area contributed by atoms with Crippen molar-refractivity contribution in [1.82, 2.24) is 15.1 Å². The topological polar surface area (TPSA) is 86.0 Å². The van der Waals surface area contributed by atoms with Gasteiger partial charge in [0.15, 0.2) is 9.84 Å². The first-order valence-corrected chi connectivity index (χ1v) is 9.19. The molecule has 0 aliphatic heterocycles. The number of hydrogen-bond acceptors (Lipinski definition) is 6. The molecule has 0 saturated carbocycles. The van der Waals surface area contributed by atoms with Crippen molar-refractivity contribution in [3.05, 3.63) is 47.2 Å². The van der Waals surface area contributed by atoms with Crippen LogP contribution in [-0.2, 0) is 16.0 Å². The standard InChI is InChI=1S/C15H9ClF3N3O3S/c1-26(23,24)11-7-20-6-10(16)12(11)13-21-14(25-22-13)8-3-2-4-9(5-8)15(17,18)19/h2-7H,1H3. The quantitative estimate of drug-likeness (QED) is 0.659. The van der Waals surface area contributed by atoms with Gasteiger partial charge in [-0.2, -0.15) is 18.2 Å². The van der Waals surface area contributed by atoms with Crippen LogP contribution in [0.4, 0.5) is 13.2 Å². The van der Waals surface area contributed by atoms with E-state index in [-0.39, 0.29) is 32.8 Å². The van der Waals surface area contributed by atoms with Crippen molar-refractivity contribution in [2.75, 3.05) is 6.26 Å². The minimum Gasteiger partial charge on any atom is -0.334 e. The molecule has 136 valence electrons. The number of nitrogens with zero attached hydrogens (tertiary/aromatic N) is 3. The first-order chi connectivity index (χ1) is 12.1. The van der Waals surface area contributed by atoms with Gasteiger partial charge < -0.3 is 4.52 Å². The van der Waals surface area contributed by atoms with Crippen molar-refractivity contribution in [1.29, 1.82) is 0 Å². The molecule has 2 heterocycles. The first kappa shape index (κ1) is 18.3. The van der Waals surface area contributed by atoms with Crippen LogP contribution in [0.5, 0.6) is 0 Å². The summed E-state index contributed by atoms with van der Waals surface area (Å²) >= 11 is 6.01. The van der Waals surface area contributed by atoms with E-state index in [2.05, 4.69) is 15.1 Å². The van der Waals surface area contributed by atoms with Crippen LogP contribution in [0, 0.1) is 0 Å². The number of sulfone groups is 1. The molecule has 11 heteroatoms. The van der Waals surface area contributed by atoms with E-state index in [1.54, 1.807) is 0 Å². The lowest BCUT2D eigenvalue weighted by Gasteiger charge is -2.06. The highest BCUT2D eigenvalue weighted by Crippen LogP contribution is 2.34. The number of aromatic nitrogens is 3. The van der Waals surface area contributed by atoms with E-state index in [0.29, 0.717) is 0 Å². The molecular weight excluding hydrogens is 395 g/mol. The van der Waals surface area contributed by atoms with E-state index >= 15 is 0 Å². The Balaban J connectivity index is 2.11. The molecule has 0 bridgehead atoms. The lowest BCUT2D eigenvalue weighted by molar-refractivity contribution is -0.137. The fraction of sp³-hybridized carbons (Fsp3) is 0.133. The second kappa shape index (κ2) is 6.36. The summed E-state index contributed by atoms with van der Waals surface area (Å²) in [6.45, 7) is 0. The van der Waals surface area contributed by atoms with Gasteiger partial charge >= 0.3 is 6.18 Å². The van der Waals surface area contributed by atoms with Gasteiger partial charge in [0.25, 0.3) is 5.89 Å². The van der Waals surface area contributed by atoms with Crippen LogP contribution in [-0.4, -0.2) is 29.8 Å². The molecule has 0 radical (unpaired) electrons. The van der Waals surface area contributed by atoms with Gasteiger partial charge in [0.1, 0.15) is 0 Å². The second-order valence-electron chi connectivity index (χ2n) is 5.27. The number of benzene rings is 1. The molecule has 1 aromatic carbocycles. The lowest BCUT2D eigenvalue weighted by Crippen LogP contribution is -2.04. The van der Waals surface area contributed by atoms with Crippen LogP contribution < -0.4 is 0 Å². The molecule has 0 amide bonds. The number of alkyl halides is 3. The molecule has 6 nitrogen and oxygen atoms in total. The second-order valence-corrected chi connectivity index (χ2v) is 7.66. The summed E-state index contributed by atoms with van der Waals surface area (Å²) in [4.78, 5) is 7.48. The minimum absolute atomic E-state index is 0.0321. The average Bonchev–Trinajstić information content (AvgIpc) is 3.02. The molecule has 0 aliphatic rings. The summed E-state index contributed by atoms with van der Waals surface area (Å²) in [6, 6.07) is 4.31. The maximum atomic E-state index is 12.8. The number of halogens is 4. The normalized spacial score (nSPS) is 12.3. The molecule has 3 aromatic rings. The van der Waals surface area contributed by atoms with Gasteiger partial charge in [-0.3, -0.25) is 4.98 Å². The van der Waals surface area contributed by atoms with Crippen molar-refractivity contribution in [3.63, 3.8) is 0 Å². The van der Waals surface area contributed by atoms with Crippen molar-refractivity contribution in [3.8, 4) is 22.8 Å². The Labute approximate surface area is 150 Å². The van der Waals surface area contributed by atoms with Crippen molar-refractivity contribution >= 4 is 21.4 Å². The zero-order chi connectivity index (χ0) is 19.1. The summed E-state index contributed by atoms with van der Waals surface area (Å²) < 4.78 is 67.3. The zero-order valence-electron chi connectivity index (χ0n) is 13.0. The predicted molar refractivity (Wildman–Crippen MR) is 86.1 cm³/mol. The van der Waals surface area contributed by atoms with Gasteiger partial charge in [0.2, 0.25) is 5.82 Å². The Bertz CT molecular complexity index is 1080. The van der Waals surface area contributed by atoms with Gasteiger partial charge in [0.05, 0.1) is 21.0 Å². The van der Waals surface area contributed by atoms with Crippen LogP contribution in [0.15, 0.2) is 46.1 Å². The molecular formula is C15H9ClF3N3O3S. The van der Waals surface area contributed by atoms with E-state index in [1.165, 1.54) is 18.3 Å². The van der Waals surface area contributed by atoms with Crippen LogP contribution >= 0.6 is 11.6 Å². The zero-order valence-corrected chi connectivity index (χ0v) is 14.5. The summed E-state index contributed by atoms with van der Waals surface area (Å²) in [5.74, 6) is -0.385. The minimum atomic E-state index is -4.53. The third kappa shape index (κ3) is 3.56. The summed E-state index contributed by atoms with van der Waals surface area (Å²) in [5.41, 5.74) is -0.885. The van der Waals surface area contributed by atoms with E-state index < -0.39 is 21.6 Å². The lowest BCUT2D eigenvalue weighted by atomic mass is 10.1. The highest BCUT2D eigenvalue weighted by Gasteiger charge is 2.31. The molecule has 3 rings (SSSR count). The molecule has 0 unspecified atom stereocenters. The molecule has 0 fully saturated rings. The Kier molecular flexibility index (Phi) is 4.49. The average molecular weight is 404 g/mol. The monoisotopic (exact) mass is 403 g/mol. The fourth-order valence-corrected chi connectivity index (χ4v) is 3.31. The summed E-state index contributed by atoms with van der Waals surface area (Å²) in [7, 11) is -3.70. The van der Waals surface area contributed by atoms with Crippen molar-refractivity contribution < 1.29 is 26.1 Å². The predicted octanol–water partition coefficient (Wildman–Crippen LogP) is 3.87. The smallest absolute Gasteiger partial charge is 0.334 e. The van der Waals surface area contributed by atoms with Crippen LogP contribution in [0.25, 0.3) is 22.8 Å². The summed E-state index contributed by atoms with van der Waals surface area (Å²) in [6.07, 6.45) is -1.29. The van der Waals surface area contributed by atoms with Crippen molar-refractivity contribution in [2.45, 2.75) is 11.1 Å². The third-order valence-corrected chi connectivity index (χ3v) is 4.75. The van der Waals surface area contributed by atoms with E-state index in [4.69, 9.17) is 16.1 Å². The highest BCUT2D eigenvalue weighted by molar-refractivity contribution is 7.90. The van der Waals surface area contributed by atoms with Gasteiger partial charge in [-0.1, -0.05) is 22.8 Å². The Morgan fingerprint density at radius 3 is 2.58 bits per heavy atom. The maximum Gasteiger partial charge on any atom is 0.416 e. The molecule has 26 heavy (non-hydrogen) atoms. The molecule has 2 aromatic heterocycles. The van der Waals surface area contributed by atoms with Gasteiger partial charge in [-0.05, 0) is 18.2 Å². The fourth-order valence-electron chi connectivity index (χ4n) is 2.19. The van der Waals surface area contributed by atoms with Crippen LogP contribution in [0.2, 0.25) is 5.02 Å². The molecule has 0 N–H and O–H groups in total. The van der Waals surface area contributed by atoms with Crippen LogP contribution in [0.3, 0.4) is 0 Å². The third-order valence-electron chi connectivity index (χ3n) is 3.35. The Morgan fingerprint density at radius 1 is 1.19 bits per heavy atom.